The molecule has 0 fully saturated rings. The molecule has 0 aliphatic carbocycles. The number of hydrogen-bond donors (Lipinski definition) is 3. The number of rotatable bonds is 7. The zero-order chi connectivity index (χ0) is 18.6. The lowest BCUT2D eigenvalue weighted by atomic mass is 10.0. The van der Waals surface area contributed by atoms with E-state index in [0.29, 0.717) is 10.6 Å². The predicted octanol–water partition coefficient (Wildman–Crippen LogP) is 1.75. The van der Waals surface area contributed by atoms with Gasteiger partial charge in [0.1, 0.15) is 23.1 Å². The van der Waals surface area contributed by atoms with Gasteiger partial charge in [0.2, 0.25) is 5.91 Å². The maximum Gasteiger partial charge on any atom is 0.326 e. The van der Waals surface area contributed by atoms with Crippen LogP contribution in [-0.4, -0.2) is 34.1 Å². The first-order valence-corrected chi connectivity index (χ1v) is 7.72. The van der Waals surface area contributed by atoms with Crippen molar-refractivity contribution in [1.29, 1.82) is 0 Å². The molecule has 0 saturated heterocycles. The highest BCUT2D eigenvalue weighted by molar-refractivity contribution is 6.33. The summed E-state index contributed by atoms with van der Waals surface area (Å²) in [6, 6.07) is 5.48. The summed E-state index contributed by atoms with van der Waals surface area (Å²) in [6.45, 7) is 1.53. The van der Waals surface area contributed by atoms with E-state index in [1.165, 1.54) is 6.92 Å². The van der Waals surface area contributed by atoms with E-state index in [1.54, 1.807) is 24.3 Å². The smallest absolute Gasteiger partial charge is 0.326 e. The van der Waals surface area contributed by atoms with Gasteiger partial charge in [-0.2, -0.15) is 0 Å². The second-order valence-electron chi connectivity index (χ2n) is 5.31. The zero-order valence-electron chi connectivity index (χ0n) is 13.3. The summed E-state index contributed by atoms with van der Waals surface area (Å²) in [7, 11) is 0. The van der Waals surface area contributed by atoms with Gasteiger partial charge in [-0.25, -0.2) is 4.79 Å². The van der Waals surface area contributed by atoms with E-state index in [9.17, 15) is 19.5 Å². The zero-order valence-corrected chi connectivity index (χ0v) is 14.0. The number of carbonyl (C=O) groups excluding carboxylic acids is 2. The van der Waals surface area contributed by atoms with E-state index in [1.807, 2.05) is 0 Å². The van der Waals surface area contributed by atoms with Gasteiger partial charge < -0.3 is 20.7 Å². The van der Waals surface area contributed by atoms with Crippen molar-refractivity contribution in [2.75, 3.05) is 0 Å². The normalized spacial score (nSPS) is 11.8. The molecule has 1 aromatic heterocycles. The highest BCUT2D eigenvalue weighted by atomic mass is 35.5. The number of halogens is 1. The van der Waals surface area contributed by atoms with Gasteiger partial charge in [0, 0.05) is 12.0 Å². The molecule has 0 radical (unpaired) electrons. The molecule has 2 aromatic rings. The van der Waals surface area contributed by atoms with E-state index >= 15 is 0 Å². The molecule has 25 heavy (non-hydrogen) atoms. The number of nitrogens with one attached hydrogen (secondary N) is 1. The molecule has 0 unspecified atom stereocenters. The lowest BCUT2D eigenvalue weighted by Crippen LogP contribution is -2.41. The van der Waals surface area contributed by atoms with Crippen LogP contribution in [0.15, 0.2) is 28.8 Å². The van der Waals surface area contributed by atoms with Gasteiger partial charge in [0.25, 0.3) is 5.91 Å². The van der Waals surface area contributed by atoms with E-state index in [-0.39, 0.29) is 29.9 Å². The van der Waals surface area contributed by atoms with Crippen LogP contribution in [0, 0.1) is 6.92 Å². The van der Waals surface area contributed by atoms with Gasteiger partial charge in [-0.05, 0) is 19.4 Å². The highest BCUT2D eigenvalue weighted by Gasteiger charge is 2.27. The first kappa shape index (κ1) is 18.5. The van der Waals surface area contributed by atoms with Crippen LogP contribution < -0.4 is 11.1 Å². The Morgan fingerprint density at radius 3 is 2.64 bits per heavy atom. The summed E-state index contributed by atoms with van der Waals surface area (Å²) < 4.78 is 5.08. The third-order valence-electron chi connectivity index (χ3n) is 3.50. The number of amides is 2. The average Bonchev–Trinajstić information content (AvgIpc) is 2.92. The molecule has 0 bridgehead atoms. The molecule has 132 valence electrons. The molecular formula is C16H16ClN3O5. The number of carbonyl (C=O) groups is 3. The summed E-state index contributed by atoms with van der Waals surface area (Å²) >= 11 is 6.13. The summed E-state index contributed by atoms with van der Waals surface area (Å²) in [4.78, 5) is 34.7. The van der Waals surface area contributed by atoms with Gasteiger partial charge in [-0.3, -0.25) is 9.59 Å². The highest BCUT2D eigenvalue weighted by Crippen LogP contribution is 2.31. The summed E-state index contributed by atoms with van der Waals surface area (Å²) in [5.74, 6) is -2.40. The predicted molar refractivity (Wildman–Crippen MR) is 89.0 cm³/mol. The lowest BCUT2D eigenvalue weighted by molar-refractivity contribution is -0.139. The number of primary amides is 1. The average molecular weight is 366 g/mol. The van der Waals surface area contributed by atoms with Crippen molar-refractivity contribution in [3.05, 3.63) is 40.6 Å². The van der Waals surface area contributed by atoms with Crippen molar-refractivity contribution in [2.45, 2.75) is 25.8 Å². The Kier molecular flexibility index (Phi) is 5.76. The second-order valence-corrected chi connectivity index (χ2v) is 5.72. The Morgan fingerprint density at radius 2 is 2.04 bits per heavy atom. The maximum absolute atomic E-state index is 12.6. The molecule has 4 N–H and O–H groups in total. The molecule has 1 atom stereocenters. The molecule has 2 rings (SSSR count). The fourth-order valence-electron chi connectivity index (χ4n) is 2.25. The first-order valence-electron chi connectivity index (χ1n) is 7.34. The van der Waals surface area contributed by atoms with Crippen LogP contribution in [0.1, 0.15) is 29.0 Å². The summed E-state index contributed by atoms with van der Waals surface area (Å²) in [5, 5.41) is 15.8. The lowest BCUT2D eigenvalue weighted by Gasteiger charge is -2.14. The fourth-order valence-corrected chi connectivity index (χ4v) is 2.48. The van der Waals surface area contributed by atoms with Crippen LogP contribution in [0.4, 0.5) is 0 Å². The van der Waals surface area contributed by atoms with E-state index in [2.05, 4.69) is 10.5 Å². The number of benzene rings is 1. The number of aryl methyl sites for hydroxylation is 1. The third-order valence-corrected chi connectivity index (χ3v) is 3.83. The van der Waals surface area contributed by atoms with E-state index < -0.39 is 23.8 Å². The minimum Gasteiger partial charge on any atom is -0.480 e. The topological polar surface area (TPSA) is 136 Å². The minimum absolute atomic E-state index is 0.0819. The number of carboxylic acids is 1. The van der Waals surface area contributed by atoms with Gasteiger partial charge in [0.05, 0.1) is 5.02 Å². The SMILES string of the molecule is Cc1onc(-c2ccccc2Cl)c1C(=O)N[C@H](CCC(N)=O)C(=O)O. The Morgan fingerprint density at radius 1 is 1.36 bits per heavy atom. The van der Waals surface area contributed by atoms with Crippen molar-refractivity contribution in [3.63, 3.8) is 0 Å². The number of carboxylic acid groups (broad SMARTS) is 1. The van der Waals surface area contributed by atoms with Gasteiger partial charge >= 0.3 is 5.97 Å². The Labute approximate surface area is 147 Å². The van der Waals surface area contributed by atoms with Crippen LogP contribution in [-0.2, 0) is 9.59 Å². The molecule has 2 amide bonds. The van der Waals surface area contributed by atoms with Crippen molar-refractivity contribution in [2.24, 2.45) is 5.73 Å². The quantitative estimate of drug-likeness (QED) is 0.683. The van der Waals surface area contributed by atoms with Crippen LogP contribution in [0.3, 0.4) is 0 Å². The standard InChI is InChI=1S/C16H16ClN3O5/c1-8-13(14(20-25-8)9-4-2-3-5-10(9)17)15(22)19-11(16(23)24)6-7-12(18)21/h2-5,11H,6-7H2,1H3,(H2,18,21)(H,19,22)(H,23,24)/t11-/m1/s1. The van der Waals surface area contributed by atoms with Crippen molar-refractivity contribution in [1.82, 2.24) is 10.5 Å². The van der Waals surface area contributed by atoms with Crippen molar-refractivity contribution in [3.8, 4) is 11.3 Å². The number of aromatic nitrogens is 1. The first-order chi connectivity index (χ1) is 11.8. The van der Waals surface area contributed by atoms with Crippen LogP contribution in [0.25, 0.3) is 11.3 Å². The second kappa shape index (κ2) is 7.80. The molecular weight excluding hydrogens is 350 g/mol. The Hall–Kier alpha value is -2.87. The number of hydrogen-bond acceptors (Lipinski definition) is 5. The number of nitrogens with zero attached hydrogens (tertiary/aromatic N) is 1. The third kappa shape index (κ3) is 4.36. The summed E-state index contributed by atoms with van der Waals surface area (Å²) in [5.41, 5.74) is 5.79. The number of aliphatic carboxylic acids is 1. The molecule has 0 aliphatic rings. The molecule has 1 aromatic carbocycles. The van der Waals surface area contributed by atoms with Gasteiger partial charge in [-0.1, -0.05) is 35.0 Å². The van der Waals surface area contributed by atoms with Crippen LogP contribution in [0.2, 0.25) is 5.02 Å². The molecule has 0 saturated carbocycles. The fraction of sp³-hybridized carbons (Fsp3) is 0.250. The van der Waals surface area contributed by atoms with Crippen LogP contribution >= 0.6 is 11.6 Å². The monoisotopic (exact) mass is 365 g/mol. The minimum atomic E-state index is -1.27. The molecule has 0 spiro atoms. The number of nitrogens with two attached hydrogens (primary N) is 1. The van der Waals surface area contributed by atoms with Gasteiger partial charge in [-0.15, -0.1) is 0 Å². The maximum atomic E-state index is 12.6. The Balaban J connectivity index is 2.30. The van der Waals surface area contributed by atoms with Crippen molar-refractivity contribution < 1.29 is 24.0 Å². The molecule has 8 nitrogen and oxygen atoms in total. The molecule has 0 aliphatic heterocycles. The largest absolute Gasteiger partial charge is 0.480 e. The van der Waals surface area contributed by atoms with E-state index in [4.69, 9.17) is 21.9 Å². The van der Waals surface area contributed by atoms with E-state index in [0.717, 1.165) is 0 Å². The molecule has 9 heteroatoms. The summed E-state index contributed by atoms with van der Waals surface area (Å²) in [6.07, 6.45) is -0.292. The van der Waals surface area contributed by atoms with Crippen LogP contribution in [0.5, 0.6) is 0 Å². The van der Waals surface area contributed by atoms with Crippen molar-refractivity contribution >= 4 is 29.4 Å². The molecule has 1 heterocycles. The Bertz CT molecular complexity index is 818. The van der Waals surface area contributed by atoms with Gasteiger partial charge in [0.15, 0.2) is 0 Å².